The summed E-state index contributed by atoms with van der Waals surface area (Å²) in [5.74, 6) is 5.91. The van der Waals surface area contributed by atoms with Crippen molar-refractivity contribution in [2.24, 2.45) is 18.6 Å². The number of carbonyl (C=O) groups is 1. The van der Waals surface area contributed by atoms with Crippen molar-refractivity contribution in [2.75, 3.05) is 25.4 Å². The molecule has 4 rings (SSSR count). The van der Waals surface area contributed by atoms with Crippen LogP contribution in [0, 0.1) is 0 Å². The highest BCUT2D eigenvalue weighted by atomic mass is 32.2. The molecule has 226 valence electrons. The van der Waals surface area contributed by atoms with E-state index in [0.717, 1.165) is 18.4 Å². The number of halogens is 3. The molecule has 0 bridgehead atoms. The van der Waals surface area contributed by atoms with E-state index >= 15 is 0 Å². The Bertz CT molecular complexity index is 1800. The monoisotopic (exact) mass is 614 g/mol. The average molecular weight is 615 g/mol. The second-order valence-electron chi connectivity index (χ2n) is 9.76. The number of alkyl halides is 3. The predicted octanol–water partition coefficient (Wildman–Crippen LogP) is 4.40. The Morgan fingerprint density at radius 2 is 1.65 bits per heavy atom. The number of aryl methyl sites for hydroxylation is 1. The summed E-state index contributed by atoms with van der Waals surface area (Å²) >= 11 is 0. The summed E-state index contributed by atoms with van der Waals surface area (Å²) in [4.78, 5) is 14.1. The van der Waals surface area contributed by atoms with Crippen molar-refractivity contribution in [1.82, 2.24) is 14.7 Å². The summed E-state index contributed by atoms with van der Waals surface area (Å²) in [6.07, 6.45) is -2.54. The second-order valence-corrected chi connectivity index (χ2v) is 11.8. The standard InChI is InChI=1S/C29H29F3N6O4S/c1-36(2)28(39)24-16-25(37(3)35-24)23-13-10-20(19-6-5-7-22(14-19)43(4,40)41)15-26(23)38(34)27(17-33)18-8-11-21(12-9-18)42-29(30,31)32/h5-17H,33-34H2,1-4H3/b27-17-. The molecule has 0 aliphatic rings. The largest absolute Gasteiger partial charge is 0.573 e. The van der Waals surface area contributed by atoms with Crippen LogP contribution in [-0.2, 0) is 16.9 Å². The highest BCUT2D eigenvalue weighted by Gasteiger charge is 2.31. The van der Waals surface area contributed by atoms with Gasteiger partial charge in [0, 0.05) is 44.7 Å². The normalized spacial score (nSPS) is 12.2. The molecule has 0 aliphatic carbocycles. The van der Waals surface area contributed by atoms with Gasteiger partial charge in [-0.15, -0.1) is 13.2 Å². The molecule has 1 amide bonds. The van der Waals surface area contributed by atoms with E-state index in [0.29, 0.717) is 33.6 Å². The molecule has 0 atom stereocenters. The van der Waals surface area contributed by atoms with Gasteiger partial charge in [0.15, 0.2) is 15.5 Å². The third kappa shape index (κ3) is 6.98. The van der Waals surface area contributed by atoms with Crippen LogP contribution in [0.1, 0.15) is 16.1 Å². The van der Waals surface area contributed by atoms with Crippen LogP contribution in [0.5, 0.6) is 5.75 Å². The van der Waals surface area contributed by atoms with Crippen molar-refractivity contribution in [1.29, 1.82) is 0 Å². The Morgan fingerprint density at radius 3 is 2.23 bits per heavy atom. The first-order chi connectivity index (χ1) is 20.1. The number of nitrogens with two attached hydrogens (primary N) is 2. The molecule has 14 heteroatoms. The molecule has 0 spiro atoms. The van der Waals surface area contributed by atoms with E-state index in [1.54, 1.807) is 57.5 Å². The number of ether oxygens (including phenoxy) is 1. The molecule has 0 saturated heterocycles. The number of amides is 1. The number of anilines is 1. The first kappa shape index (κ1) is 31.1. The summed E-state index contributed by atoms with van der Waals surface area (Å²) in [7, 11) is 1.38. The Hall–Kier alpha value is -4.82. The minimum atomic E-state index is -4.85. The van der Waals surface area contributed by atoms with E-state index in [4.69, 9.17) is 11.6 Å². The fraction of sp³-hybridized carbons (Fsp3) is 0.172. The topological polar surface area (TPSA) is 137 Å². The molecule has 0 radical (unpaired) electrons. The second kappa shape index (κ2) is 11.8. The lowest BCUT2D eigenvalue weighted by Gasteiger charge is -2.25. The highest BCUT2D eigenvalue weighted by Crippen LogP contribution is 2.38. The Kier molecular flexibility index (Phi) is 8.55. The van der Waals surface area contributed by atoms with Gasteiger partial charge in [0.2, 0.25) is 0 Å². The summed E-state index contributed by atoms with van der Waals surface area (Å²) in [5, 5.41) is 5.59. The quantitative estimate of drug-likeness (QED) is 0.220. The van der Waals surface area contributed by atoms with Gasteiger partial charge in [0.1, 0.15) is 5.75 Å². The maximum atomic E-state index is 12.7. The Labute approximate surface area is 246 Å². The van der Waals surface area contributed by atoms with Crippen molar-refractivity contribution in [3.63, 3.8) is 0 Å². The Balaban J connectivity index is 1.86. The SMILES string of the molecule is CN(C)C(=O)c1cc(-c2ccc(-c3cccc(S(C)(=O)=O)c3)cc2N(N)/C(=C\N)c2ccc(OC(F)(F)F)cc2)n(C)n1. The van der Waals surface area contributed by atoms with Crippen LogP contribution >= 0.6 is 0 Å². The van der Waals surface area contributed by atoms with Crippen LogP contribution in [0.4, 0.5) is 18.9 Å². The van der Waals surface area contributed by atoms with Gasteiger partial charge in [-0.2, -0.15) is 5.10 Å². The molecule has 0 saturated carbocycles. The summed E-state index contributed by atoms with van der Waals surface area (Å²) in [5.41, 5.74) is 9.40. The lowest BCUT2D eigenvalue weighted by atomic mass is 9.99. The number of benzene rings is 3. The molecule has 10 nitrogen and oxygen atoms in total. The number of carbonyl (C=O) groups excluding carboxylic acids is 1. The fourth-order valence-electron chi connectivity index (χ4n) is 4.36. The summed E-state index contributed by atoms with van der Waals surface area (Å²) < 4.78 is 67.9. The zero-order chi connectivity index (χ0) is 31.7. The zero-order valence-electron chi connectivity index (χ0n) is 23.6. The van der Waals surface area contributed by atoms with E-state index in [2.05, 4.69) is 9.84 Å². The third-order valence-electron chi connectivity index (χ3n) is 6.43. The molecule has 0 unspecified atom stereocenters. The summed E-state index contributed by atoms with van der Waals surface area (Å²) in [6.45, 7) is 0. The highest BCUT2D eigenvalue weighted by molar-refractivity contribution is 7.90. The van der Waals surface area contributed by atoms with Gasteiger partial charge in [-0.3, -0.25) is 14.5 Å². The van der Waals surface area contributed by atoms with Gasteiger partial charge >= 0.3 is 6.36 Å². The number of hydrazine groups is 1. The van der Waals surface area contributed by atoms with Crippen LogP contribution in [0.2, 0.25) is 0 Å². The van der Waals surface area contributed by atoms with Crippen molar-refractivity contribution >= 4 is 27.1 Å². The van der Waals surface area contributed by atoms with Gasteiger partial charge in [-0.05, 0) is 59.7 Å². The smallest absolute Gasteiger partial charge is 0.406 e. The molecular weight excluding hydrogens is 585 g/mol. The van der Waals surface area contributed by atoms with Gasteiger partial charge in [0.05, 0.1) is 22.0 Å². The molecule has 4 aromatic rings. The Morgan fingerprint density at radius 1 is 1.00 bits per heavy atom. The van der Waals surface area contributed by atoms with Gasteiger partial charge in [-0.25, -0.2) is 14.3 Å². The number of nitrogens with zero attached hydrogens (tertiary/aromatic N) is 4. The number of rotatable bonds is 8. The minimum Gasteiger partial charge on any atom is -0.406 e. The molecular formula is C29H29F3N6O4S. The van der Waals surface area contributed by atoms with E-state index in [-0.39, 0.29) is 22.2 Å². The van der Waals surface area contributed by atoms with E-state index in [1.165, 1.54) is 45.1 Å². The van der Waals surface area contributed by atoms with Crippen LogP contribution in [0.3, 0.4) is 0 Å². The minimum absolute atomic E-state index is 0.127. The van der Waals surface area contributed by atoms with Crippen LogP contribution < -0.4 is 21.3 Å². The first-order valence-electron chi connectivity index (χ1n) is 12.6. The van der Waals surface area contributed by atoms with E-state index in [9.17, 15) is 26.4 Å². The molecule has 0 aliphatic heterocycles. The third-order valence-corrected chi connectivity index (χ3v) is 7.55. The average Bonchev–Trinajstić information content (AvgIpc) is 3.33. The lowest BCUT2D eigenvalue weighted by Crippen LogP contribution is -2.30. The number of hydrogen-bond acceptors (Lipinski definition) is 8. The molecule has 43 heavy (non-hydrogen) atoms. The van der Waals surface area contributed by atoms with Gasteiger partial charge < -0.3 is 15.4 Å². The maximum Gasteiger partial charge on any atom is 0.573 e. The predicted molar refractivity (Wildman–Crippen MR) is 157 cm³/mol. The molecule has 0 fully saturated rings. The van der Waals surface area contributed by atoms with Crippen LogP contribution in [-0.4, -0.2) is 55.7 Å². The molecule has 1 heterocycles. The van der Waals surface area contributed by atoms with Crippen LogP contribution in [0.25, 0.3) is 28.1 Å². The molecule has 4 N–H and O–H groups in total. The maximum absolute atomic E-state index is 12.7. The number of hydrogen-bond donors (Lipinski definition) is 2. The van der Waals surface area contributed by atoms with Crippen molar-refractivity contribution in [3.8, 4) is 28.1 Å². The van der Waals surface area contributed by atoms with Crippen molar-refractivity contribution in [2.45, 2.75) is 11.3 Å². The van der Waals surface area contributed by atoms with Gasteiger partial charge in [0.25, 0.3) is 5.91 Å². The van der Waals surface area contributed by atoms with Crippen molar-refractivity contribution < 1.29 is 31.1 Å². The lowest BCUT2D eigenvalue weighted by molar-refractivity contribution is -0.274. The first-order valence-corrected chi connectivity index (χ1v) is 14.5. The molecule has 3 aromatic carbocycles. The van der Waals surface area contributed by atoms with Crippen LogP contribution in [0.15, 0.2) is 83.9 Å². The number of sulfone groups is 1. The zero-order valence-corrected chi connectivity index (χ0v) is 24.4. The molecule has 1 aromatic heterocycles. The fourth-order valence-corrected chi connectivity index (χ4v) is 5.03. The van der Waals surface area contributed by atoms with E-state index in [1.807, 2.05) is 0 Å². The van der Waals surface area contributed by atoms with Crippen molar-refractivity contribution in [3.05, 3.63) is 90.3 Å². The van der Waals surface area contributed by atoms with Gasteiger partial charge in [-0.1, -0.05) is 24.3 Å². The van der Waals surface area contributed by atoms with E-state index < -0.39 is 21.9 Å². The summed E-state index contributed by atoms with van der Waals surface area (Å²) in [6, 6.07) is 18.2. The number of aromatic nitrogens is 2.